The fourth-order valence-electron chi connectivity index (χ4n) is 3.11. The van der Waals surface area contributed by atoms with Crippen LogP contribution < -0.4 is 10.6 Å². The zero-order valence-corrected chi connectivity index (χ0v) is 14.5. The van der Waals surface area contributed by atoms with E-state index in [1.807, 2.05) is 18.2 Å². The third-order valence-corrected chi connectivity index (χ3v) is 4.54. The molecule has 6 heteroatoms. The first-order valence-corrected chi connectivity index (χ1v) is 8.84. The van der Waals surface area contributed by atoms with Crippen molar-refractivity contribution in [1.29, 1.82) is 5.26 Å². The SMILES string of the molecule is N#CC(Cc1ccc(-c2ccccc2O)nc1)NC(=O)[C@@H]1CCCCN1. The lowest BCUT2D eigenvalue weighted by Crippen LogP contribution is -2.49. The Bertz CT molecular complexity index is 792. The van der Waals surface area contributed by atoms with Crippen LogP contribution in [0.25, 0.3) is 11.3 Å². The first kappa shape index (κ1) is 17.9. The van der Waals surface area contributed by atoms with Crippen LogP contribution in [-0.2, 0) is 11.2 Å². The highest BCUT2D eigenvalue weighted by atomic mass is 16.3. The molecule has 6 nitrogen and oxygen atoms in total. The zero-order valence-electron chi connectivity index (χ0n) is 14.5. The van der Waals surface area contributed by atoms with Crippen molar-refractivity contribution in [3.63, 3.8) is 0 Å². The Hall–Kier alpha value is -2.91. The molecule has 0 bridgehead atoms. The summed E-state index contributed by atoms with van der Waals surface area (Å²) >= 11 is 0. The number of pyridine rings is 1. The number of piperidine rings is 1. The maximum Gasteiger partial charge on any atom is 0.238 e. The number of nitrogens with one attached hydrogen (secondary N) is 2. The van der Waals surface area contributed by atoms with Crippen molar-refractivity contribution in [2.75, 3.05) is 6.54 Å². The van der Waals surface area contributed by atoms with Crippen molar-refractivity contribution < 1.29 is 9.90 Å². The van der Waals surface area contributed by atoms with Crippen molar-refractivity contribution in [1.82, 2.24) is 15.6 Å². The molecule has 0 saturated carbocycles. The van der Waals surface area contributed by atoms with E-state index < -0.39 is 6.04 Å². The highest BCUT2D eigenvalue weighted by Gasteiger charge is 2.23. The number of hydrogen-bond acceptors (Lipinski definition) is 5. The molecule has 1 amide bonds. The minimum Gasteiger partial charge on any atom is -0.507 e. The van der Waals surface area contributed by atoms with E-state index in [4.69, 9.17) is 0 Å². The maximum atomic E-state index is 12.3. The summed E-state index contributed by atoms with van der Waals surface area (Å²) in [6.45, 7) is 0.840. The number of carbonyl (C=O) groups excluding carboxylic acids is 1. The van der Waals surface area contributed by atoms with Gasteiger partial charge in [0.15, 0.2) is 0 Å². The van der Waals surface area contributed by atoms with E-state index in [0.29, 0.717) is 17.7 Å². The summed E-state index contributed by atoms with van der Waals surface area (Å²) < 4.78 is 0. The van der Waals surface area contributed by atoms with Gasteiger partial charge in [0.1, 0.15) is 11.8 Å². The Labute approximate surface area is 152 Å². The average Bonchev–Trinajstić information content (AvgIpc) is 2.69. The van der Waals surface area contributed by atoms with Gasteiger partial charge >= 0.3 is 0 Å². The van der Waals surface area contributed by atoms with Gasteiger partial charge in [0.25, 0.3) is 0 Å². The zero-order chi connectivity index (χ0) is 18.4. The van der Waals surface area contributed by atoms with Crippen LogP contribution in [0.3, 0.4) is 0 Å². The molecule has 0 spiro atoms. The smallest absolute Gasteiger partial charge is 0.238 e. The minimum absolute atomic E-state index is 0.116. The lowest BCUT2D eigenvalue weighted by molar-refractivity contribution is -0.124. The van der Waals surface area contributed by atoms with E-state index in [1.54, 1.807) is 24.4 Å². The second-order valence-corrected chi connectivity index (χ2v) is 6.47. The molecule has 1 aliphatic heterocycles. The number of nitriles is 1. The number of para-hydroxylation sites is 1. The maximum absolute atomic E-state index is 12.3. The molecule has 134 valence electrons. The number of carbonyl (C=O) groups is 1. The Balaban J connectivity index is 1.62. The Morgan fingerprint density at radius 2 is 2.19 bits per heavy atom. The van der Waals surface area contributed by atoms with E-state index in [1.165, 1.54) is 0 Å². The molecule has 1 aromatic heterocycles. The monoisotopic (exact) mass is 350 g/mol. The molecule has 2 heterocycles. The topological polar surface area (TPSA) is 98.0 Å². The fraction of sp³-hybridized carbons (Fsp3) is 0.350. The lowest BCUT2D eigenvalue weighted by atomic mass is 10.0. The van der Waals surface area contributed by atoms with Crippen molar-refractivity contribution >= 4 is 5.91 Å². The van der Waals surface area contributed by atoms with Crippen molar-refractivity contribution in [3.05, 3.63) is 48.2 Å². The van der Waals surface area contributed by atoms with E-state index in [2.05, 4.69) is 21.7 Å². The van der Waals surface area contributed by atoms with E-state index in [0.717, 1.165) is 31.4 Å². The molecule has 3 rings (SSSR count). The van der Waals surface area contributed by atoms with Gasteiger partial charge in [-0.25, -0.2) is 0 Å². The number of benzene rings is 1. The molecule has 2 atom stereocenters. The molecule has 3 N–H and O–H groups in total. The number of amides is 1. The number of nitrogens with zero attached hydrogens (tertiary/aromatic N) is 2. The summed E-state index contributed by atoms with van der Waals surface area (Å²) in [6.07, 6.45) is 4.99. The van der Waals surface area contributed by atoms with Crippen molar-refractivity contribution in [3.8, 4) is 23.1 Å². The van der Waals surface area contributed by atoms with Crippen LogP contribution in [0.5, 0.6) is 5.75 Å². The molecule has 1 fully saturated rings. The van der Waals surface area contributed by atoms with E-state index in [-0.39, 0.29) is 17.7 Å². The second kappa shape index (κ2) is 8.45. The number of aromatic hydroxyl groups is 1. The summed E-state index contributed by atoms with van der Waals surface area (Å²) in [6, 6.07) is 12.0. The third kappa shape index (κ3) is 4.38. The minimum atomic E-state index is -0.594. The summed E-state index contributed by atoms with van der Waals surface area (Å²) in [7, 11) is 0. The highest BCUT2D eigenvalue weighted by Crippen LogP contribution is 2.26. The standard InChI is InChI=1S/C20H22N4O2/c21-12-15(24-20(26)18-6-3-4-10-22-18)11-14-8-9-17(23-13-14)16-5-1-2-7-19(16)25/h1-2,5,7-9,13,15,18,22,25H,3-4,6,10-11H2,(H,24,26)/t15?,18-/m0/s1. The number of phenols is 1. The van der Waals surface area contributed by atoms with Gasteiger partial charge in [0.2, 0.25) is 5.91 Å². The normalized spacial score (nSPS) is 17.9. The van der Waals surface area contributed by atoms with Crippen LogP contribution in [0.15, 0.2) is 42.6 Å². The summed E-state index contributed by atoms with van der Waals surface area (Å²) in [5.74, 6) is 0.0601. The molecule has 0 aliphatic carbocycles. The number of rotatable bonds is 5. The number of aromatic nitrogens is 1. The lowest BCUT2D eigenvalue weighted by Gasteiger charge is -2.23. The van der Waals surface area contributed by atoms with Crippen molar-refractivity contribution in [2.45, 2.75) is 37.8 Å². The molecule has 26 heavy (non-hydrogen) atoms. The van der Waals surface area contributed by atoms with Crippen LogP contribution in [0.2, 0.25) is 0 Å². The number of phenolic OH excluding ortho intramolecular Hbond substituents is 1. The van der Waals surface area contributed by atoms with Gasteiger partial charge in [-0.05, 0) is 43.1 Å². The first-order valence-electron chi connectivity index (χ1n) is 8.84. The molecule has 1 aliphatic rings. The van der Waals surface area contributed by atoms with Crippen molar-refractivity contribution in [2.24, 2.45) is 0 Å². The summed E-state index contributed by atoms with van der Waals surface area (Å²) in [5, 5.41) is 25.3. The average molecular weight is 350 g/mol. The highest BCUT2D eigenvalue weighted by molar-refractivity contribution is 5.82. The van der Waals surface area contributed by atoms with Gasteiger partial charge in [0, 0.05) is 18.2 Å². The Kier molecular flexibility index (Phi) is 5.82. The predicted molar refractivity (Wildman–Crippen MR) is 98.2 cm³/mol. The number of hydrogen-bond donors (Lipinski definition) is 3. The van der Waals surface area contributed by atoms with Gasteiger partial charge < -0.3 is 15.7 Å². The Morgan fingerprint density at radius 1 is 1.35 bits per heavy atom. The summed E-state index contributed by atoms with van der Waals surface area (Å²) in [4.78, 5) is 16.6. The van der Waals surface area contributed by atoms with Gasteiger partial charge in [-0.2, -0.15) is 5.26 Å². The molecule has 1 aromatic carbocycles. The molecular weight excluding hydrogens is 328 g/mol. The van der Waals surface area contributed by atoms with E-state index >= 15 is 0 Å². The van der Waals surface area contributed by atoms with Crippen LogP contribution >= 0.6 is 0 Å². The molecule has 0 radical (unpaired) electrons. The van der Waals surface area contributed by atoms with Crippen LogP contribution in [0, 0.1) is 11.3 Å². The molecule has 1 unspecified atom stereocenters. The second-order valence-electron chi connectivity index (χ2n) is 6.47. The molecule has 2 aromatic rings. The quantitative estimate of drug-likeness (QED) is 0.767. The summed E-state index contributed by atoms with van der Waals surface area (Å²) in [5.41, 5.74) is 2.18. The first-order chi connectivity index (χ1) is 12.7. The van der Waals surface area contributed by atoms with Crippen LogP contribution in [0.1, 0.15) is 24.8 Å². The van der Waals surface area contributed by atoms with Gasteiger partial charge in [-0.15, -0.1) is 0 Å². The van der Waals surface area contributed by atoms with Crippen LogP contribution in [-0.4, -0.2) is 34.6 Å². The van der Waals surface area contributed by atoms with Crippen LogP contribution in [0.4, 0.5) is 0 Å². The van der Waals surface area contributed by atoms with Gasteiger partial charge in [-0.3, -0.25) is 9.78 Å². The van der Waals surface area contributed by atoms with E-state index in [9.17, 15) is 15.2 Å². The van der Waals surface area contributed by atoms with Gasteiger partial charge in [-0.1, -0.05) is 24.6 Å². The largest absolute Gasteiger partial charge is 0.507 e. The predicted octanol–water partition coefficient (Wildman–Crippen LogP) is 2.15. The van der Waals surface area contributed by atoms with Gasteiger partial charge in [0.05, 0.1) is 17.8 Å². The molecule has 1 saturated heterocycles. The Morgan fingerprint density at radius 3 is 2.85 bits per heavy atom. The fourth-order valence-corrected chi connectivity index (χ4v) is 3.11. The third-order valence-electron chi connectivity index (χ3n) is 4.54. The molecular formula is C20H22N4O2.